The smallest absolute Gasteiger partial charge is 0.243 e. The lowest BCUT2D eigenvalue weighted by Crippen LogP contribution is -2.27. The molecule has 6 nitrogen and oxygen atoms in total. The van der Waals surface area contributed by atoms with E-state index in [9.17, 15) is 24.4 Å². The van der Waals surface area contributed by atoms with Gasteiger partial charge in [0.05, 0.1) is 0 Å². The third kappa shape index (κ3) is 5.30. The second-order valence-corrected chi connectivity index (χ2v) is 6.71. The first-order valence-corrected chi connectivity index (χ1v) is 8.75. The van der Waals surface area contributed by atoms with E-state index in [-0.39, 0.29) is 23.6 Å². The van der Waals surface area contributed by atoms with Crippen molar-refractivity contribution >= 4 is 13.5 Å². The van der Waals surface area contributed by atoms with Crippen LogP contribution in [0.5, 0.6) is 0 Å². The largest absolute Gasteiger partial charge is 0.811 e. The van der Waals surface area contributed by atoms with Crippen molar-refractivity contribution in [1.82, 2.24) is 5.06 Å². The minimum absolute atomic E-state index is 0.165. The van der Waals surface area contributed by atoms with Crippen LogP contribution < -0.4 is 9.79 Å². The molecule has 0 aromatic heterocycles. The Labute approximate surface area is 134 Å². The monoisotopic (exact) mass is 332 g/mol. The van der Waals surface area contributed by atoms with Crippen molar-refractivity contribution in [1.29, 1.82) is 0 Å². The van der Waals surface area contributed by atoms with Crippen LogP contribution >= 0.6 is 7.60 Å². The first-order chi connectivity index (χ1) is 10.9. The molecule has 0 atom stereocenters. The summed E-state index contributed by atoms with van der Waals surface area (Å²) in [6.07, 6.45) is -0.798. The SMILES string of the molecule is O=C(c1ccc(-c2ccccc2)cc1)N([O-])CCCP(=O)([O-])[O-]. The van der Waals surface area contributed by atoms with Gasteiger partial charge in [-0.05, 0) is 35.8 Å². The summed E-state index contributed by atoms with van der Waals surface area (Å²) >= 11 is 0. The highest BCUT2D eigenvalue weighted by molar-refractivity contribution is 7.48. The van der Waals surface area contributed by atoms with E-state index < -0.39 is 19.7 Å². The van der Waals surface area contributed by atoms with Crippen molar-refractivity contribution in [2.24, 2.45) is 0 Å². The molecule has 0 aliphatic heterocycles. The Kier molecular flexibility index (Phi) is 5.69. The topological polar surface area (TPSA) is 107 Å². The molecule has 23 heavy (non-hydrogen) atoms. The lowest BCUT2D eigenvalue weighted by atomic mass is 10.0. The first kappa shape index (κ1) is 17.4. The fraction of sp³-hybridized carbons (Fsp3) is 0.188. The van der Waals surface area contributed by atoms with Crippen molar-refractivity contribution in [2.45, 2.75) is 6.42 Å². The van der Waals surface area contributed by atoms with Gasteiger partial charge in [0.25, 0.3) is 0 Å². The van der Waals surface area contributed by atoms with Crippen LogP contribution in [0, 0.1) is 5.21 Å². The Bertz CT molecular complexity index is 696. The van der Waals surface area contributed by atoms with E-state index in [0.29, 0.717) is 0 Å². The van der Waals surface area contributed by atoms with Crippen molar-refractivity contribution in [3.05, 3.63) is 65.4 Å². The lowest BCUT2D eigenvalue weighted by molar-refractivity contribution is -0.313. The average Bonchev–Trinajstić information content (AvgIpc) is 2.54. The molecule has 0 heterocycles. The molecule has 0 saturated carbocycles. The number of carbonyl (C=O) groups excluding carboxylic acids is 1. The van der Waals surface area contributed by atoms with E-state index in [1.807, 2.05) is 30.3 Å². The molecule has 0 unspecified atom stereocenters. The van der Waals surface area contributed by atoms with Crippen molar-refractivity contribution in [2.75, 3.05) is 12.7 Å². The quantitative estimate of drug-likeness (QED) is 0.590. The zero-order valence-corrected chi connectivity index (χ0v) is 13.1. The highest BCUT2D eigenvalue weighted by atomic mass is 31.2. The highest BCUT2D eigenvalue weighted by Gasteiger charge is 2.08. The number of hydrogen-bond donors (Lipinski definition) is 0. The van der Waals surface area contributed by atoms with E-state index in [2.05, 4.69) is 0 Å². The first-order valence-electron chi connectivity index (χ1n) is 7.02. The Hall–Kier alpha value is -1.98. The summed E-state index contributed by atoms with van der Waals surface area (Å²) in [6, 6.07) is 16.1. The van der Waals surface area contributed by atoms with Gasteiger partial charge >= 0.3 is 0 Å². The lowest BCUT2D eigenvalue weighted by Gasteiger charge is -2.33. The van der Waals surface area contributed by atoms with Gasteiger partial charge in [-0.1, -0.05) is 50.1 Å². The Morgan fingerprint density at radius 3 is 2.09 bits per heavy atom. The van der Waals surface area contributed by atoms with Crippen molar-refractivity contribution in [3.63, 3.8) is 0 Å². The third-order valence-electron chi connectivity index (χ3n) is 3.26. The van der Waals surface area contributed by atoms with E-state index in [4.69, 9.17) is 0 Å². The van der Waals surface area contributed by atoms with E-state index in [1.165, 1.54) is 0 Å². The molecule has 2 aromatic rings. The molecular formula is C16H15NO5P-3. The van der Waals surface area contributed by atoms with Crippen molar-refractivity contribution in [3.8, 4) is 11.1 Å². The molecule has 1 amide bonds. The zero-order chi connectivity index (χ0) is 16.9. The standard InChI is InChI=1S/C16H17NO5P/c18-16(17(19)11-4-12-23(20,21)22)15-9-7-14(8-10-15)13-5-2-1-3-6-13/h1-3,5-10H,4,11-12H2,(H2,20,21,22)/q-1/p-2. The number of hydrogen-bond acceptors (Lipinski definition) is 5. The molecule has 0 spiro atoms. The van der Waals surface area contributed by atoms with Crippen LogP contribution in [0.25, 0.3) is 11.1 Å². The Balaban J connectivity index is 1.98. The van der Waals surface area contributed by atoms with Gasteiger partial charge in [0.2, 0.25) is 5.91 Å². The normalized spacial score (nSPS) is 11.3. The fourth-order valence-electron chi connectivity index (χ4n) is 2.09. The number of benzene rings is 2. The maximum Gasteiger partial charge on any atom is 0.243 e. The van der Waals surface area contributed by atoms with Gasteiger partial charge in [-0.15, -0.1) is 0 Å². The van der Waals surface area contributed by atoms with Gasteiger partial charge in [0.1, 0.15) is 0 Å². The van der Waals surface area contributed by atoms with Crippen LogP contribution in [0.3, 0.4) is 0 Å². The van der Waals surface area contributed by atoms with Crippen LogP contribution in [-0.4, -0.2) is 23.7 Å². The molecule has 0 bridgehead atoms. The summed E-state index contributed by atoms with van der Waals surface area (Å²) in [7, 11) is -4.64. The second kappa shape index (κ2) is 7.53. The number of hydroxylamine groups is 2. The van der Waals surface area contributed by atoms with Crippen LogP contribution in [-0.2, 0) is 4.57 Å². The molecule has 0 N–H and O–H groups in total. The highest BCUT2D eigenvalue weighted by Crippen LogP contribution is 2.24. The Morgan fingerprint density at radius 2 is 1.52 bits per heavy atom. The average molecular weight is 332 g/mol. The molecule has 7 heteroatoms. The zero-order valence-electron chi connectivity index (χ0n) is 12.3. The molecular weight excluding hydrogens is 317 g/mol. The van der Waals surface area contributed by atoms with Gasteiger partial charge in [0.15, 0.2) is 0 Å². The second-order valence-electron chi connectivity index (χ2n) is 5.04. The number of nitrogens with zero attached hydrogens (tertiary/aromatic N) is 1. The van der Waals surface area contributed by atoms with Crippen LogP contribution in [0.2, 0.25) is 0 Å². The van der Waals surface area contributed by atoms with Gasteiger partial charge in [-0.2, -0.15) is 0 Å². The van der Waals surface area contributed by atoms with Gasteiger partial charge < -0.3 is 24.6 Å². The minimum atomic E-state index is -4.64. The summed E-state index contributed by atoms with van der Waals surface area (Å²) in [6.45, 7) is -0.326. The predicted octanol–water partition coefficient (Wildman–Crippen LogP) is 1.60. The van der Waals surface area contributed by atoms with E-state index in [0.717, 1.165) is 11.1 Å². The van der Waals surface area contributed by atoms with E-state index >= 15 is 0 Å². The van der Waals surface area contributed by atoms with Gasteiger partial charge in [-0.25, -0.2) is 0 Å². The maximum atomic E-state index is 11.9. The Morgan fingerprint density at radius 1 is 0.957 bits per heavy atom. The van der Waals surface area contributed by atoms with Crippen molar-refractivity contribution < 1.29 is 19.1 Å². The molecule has 122 valence electrons. The minimum Gasteiger partial charge on any atom is -0.811 e. The van der Waals surface area contributed by atoms with Gasteiger partial charge in [-0.3, -0.25) is 4.79 Å². The third-order valence-corrected chi connectivity index (χ3v) is 4.12. The molecule has 2 aromatic carbocycles. The fourth-order valence-corrected chi connectivity index (χ4v) is 2.62. The summed E-state index contributed by atoms with van der Waals surface area (Å²) in [5, 5.41) is 11.8. The molecule has 0 aliphatic carbocycles. The maximum absolute atomic E-state index is 11.9. The molecule has 2 rings (SSSR count). The summed E-state index contributed by atoms with van der Waals surface area (Å²) in [5.41, 5.74) is 2.12. The van der Waals surface area contributed by atoms with Crippen LogP contribution in [0.15, 0.2) is 54.6 Å². The molecule has 0 aliphatic rings. The van der Waals surface area contributed by atoms with Gasteiger partial charge in [0, 0.05) is 12.1 Å². The van der Waals surface area contributed by atoms with Crippen LogP contribution in [0.1, 0.15) is 16.8 Å². The molecule has 0 fully saturated rings. The molecule has 0 radical (unpaired) electrons. The van der Waals surface area contributed by atoms with E-state index in [1.54, 1.807) is 24.3 Å². The number of carbonyl (C=O) groups is 1. The summed E-state index contributed by atoms with van der Waals surface area (Å²) in [4.78, 5) is 32.9. The van der Waals surface area contributed by atoms with Crippen LogP contribution in [0.4, 0.5) is 0 Å². The number of rotatable bonds is 6. The predicted molar refractivity (Wildman–Crippen MR) is 83.4 cm³/mol. The number of amides is 1. The summed E-state index contributed by atoms with van der Waals surface area (Å²) < 4.78 is 10.5. The molecule has 0 saturated heterocycles. The summed E-state index contributed by atoms with van der Waals surface area (Å²) in [5.74, 6) is -0.753.